The molecule has 7 rings (SSSR count). The van der Waals surface area contributed by atoms with Crippen molar-refractivity contribution >= 4 is 28.8 Å². The molecule has 1 atom stereocenters. The van der Waals surface area contributed by atoms with Crippen LogP contribution >= 0.6 is 0 Å². The van der Waals surface area contributed by atoms with Crippen LogP contribution in [0.4, 0.5) is 0 Å². The zero-order chi connectivity index (χ0) is 26.7. The molecular formula is C29H29N7O3. The molecule has 4 aromatic rings. The van der Waals surface area contributed by atoms with E-state index in [0.717, 1.165) is 53.3 Å². The summed E-state index contributed by atoms with van der Waals surface area (Å²) in [5, 5.41) is 3.47. The summed E-state index contributed by atoms with van der Waals surface area (Å²) in [5.41, 5.74) is 5.28. The van der Waals surface area contributed by atoms with Crippen LogP contribution in [0.5, 0.6) is 0 Å². The molecule has 0 saturated carbocycles. The molecule has 0 aliphatic carbocycles. The number of nitrogens with zero attached hydrogens (tertiary/aromatic N) is 6. The highest BCUT2D eigenvalue weighted by Gasteiger charge is 2.39. The van der Waals surface area contributed by atoms with Gasteiger partial charge >= 0.3 is 0 Å². The topological polar surface area (TPSA) is 105 Å². The monoisotopic (exact) mass is 523 g/mol. The Bertz CT molecular complexity index is 1650. The first-order chi connectivity index (χ1) is 18.9. The van der Waals surface area contributed by atoms with Gasteiger partial charge < -0.3 is 9.47 Å². The van der Waals surface area contributed by atoms with Gasteiger partial charge in [-0.3, -0.25) is 29.2 Å². The van der Waals surface area contributed by atoms with Gasteiger partial charge in [-0.25, -0.2) is 9.97 Å². The lowest BCUT2D eigenvalue weighted by atomic mass is 10.0. The van der Waals surface area contributed by atoms with E-state index in [-0.39, 0.29) is 18.2 Å². The van der Waals surface area contributed by atoms with E-state index in [9.17, 15) is 14.4 Å². The molecule has 3 aliphatic heterocycles. The molecule has 2 saturated heterocycles. The van der Waals surface area contributed by atoms with Gasteiger partial charge in [0.05, 0.1) is 12.0 Å². The Balaban J connectivity index is 1.27. The SMILES string of the molecule is Cn1cnc(-n2ccc3c(CN4CCCC4)cc(-c4ccc5c(c4)CN(C4CCC(=O)NC4=O)C5=O)nc32)c1. The summed E-state index contributed by atoms with van der Waals surface area (Å²) in [7, 11) is 1.95. The van der Waals surface area contributed by atoms with E-state index in [4.69, 9.17) is 4.98 Å². The first kappa shape index (κ1) is 23.8. The smallest absolute Gasteiger partial charge is 0.255 e. The van der Waals surface area contributed by atoms with Crippen LogP contribution in [0.2, 0.25) is 0 Å². The Morgan fingerprint density at radius 1 is 1.08 bits per heavy atom. The highest BCUT2D eigenvalue weighted by molar-refractivity contribution is 6.05. The molecule has 10 heteroatoms. The molecule has 198 valence electrons. The van der Waals surface area contributed by atoms with Crippen LogP contribution in [-0.4, -0.2) is 65.8 Å². The Morgan fingerprint density at radius 3 is 2.69 bits per heavy atom. The van der Waals surface area contributed by atoms with Crippen molar-refractivity contribution in [2.24, 2.45) is 7.05 Å². The van der Waals surface area contributed by atoms with E-state index in [0.29, 0.717) is 18.5 Å². The summed E-state index contributed by atoms with van der Waals surface area (Å²) in [6.45, 7) is 3.38. The van der Waals surface area contributed by atoms with Crippen molar-refractivity contribution in [2.45, 2.75) is 44.8 Å². The number of benzene rings is 1. The predicted octanol–water partition coefficient (Wildman–Crippen LogP) is 2.78. The molecule has 0 spiro atoms. The molecule has 10 nitrogen and oxygen atoms in total. The number of piperidine rings is 1. The first-order valence-electron chi connectivity index (χ1n) is 13.4. The molecule has 0 bridgehead atoms. The van der Waals surface area contributed by atoms with Gasteiger partial charge in [-0.05, 0) is 67.7 Å². The van der Waals surface area contributed by atoms with Crippen LogP contribution in [0.3, 0.4) is 0 Å². The van der Waals surface area contributed by atoms with Gasteiger partial charge in [0.2, 0.25) is 11.8 Å². The average Bonchev–Trinajstić information content (AvgIpc) is 3.72. The minimum absolute atomic E-state index is 0.173. The molecule has 39 heavy (non-hydrogen) atoms. The third kappa shape index (κ3) is 4.11. The van der Waals surface area contributed by atoms with Crippen molar-refractivity contribution in [3.8, 4) is 17.1 Å². The summed E-state index contributed by atoms with van der Waals surface area (Å²) in [4.78, 5) is 51.0. The molecule has 0 radical (unpaired) electrons. The number of imidazole rings is 1. The number of carbonyl (C=O) groups excluding carboxylic acids is 3. The lowest BCUT2D eigenvalue weighted by molar-refractivity contribution is -0.136. The van der Waals surface area contributed by atoms with Gasteiger partial charge in [-0.15, -0.1) is 0 Å². The fourth-order valence-electron chi connectivity index (χ4n) is 6.08. The van der Waals surface area contributed by atoms with Crippen LogP contribution in [-0.2, 0) is 29.7 Å². The van der Waals surface area contributed by atoms with Crippen LogP contribution < -0.4 is 5.32 Å². The number of likely N-dealkylation sites (tertiary alicyclic amines) is 1. The Hall–Kier alpha value is -4.31. The fraction of sp³-hybridized carbons (Fsp3) is 0.345. The van der Waals surface area contributed by atoms with Gasteiger partial charge in [-0.2, -0.15) is 0 Å². The van der Waals surface area contributed by atoms with E-state index in [2.05, 4.69) is 27.3 Å². The van der Waals surface area contributed by atoms with Crippen molar-refractivity contribution in [1.29, 1.82) is 0 Å². The molecule has 1 unspecified atom stereocenters. The van der Waals surface area contributed by atoms with Gasteiger partial charge in [0, 0.05) is 55.5 Å². The van der Waals surface area contributed by atoms with E-state index >= 15 is 0 Å². The molecule has 1 aromatic carbocycles. The second kappa shape index (κ2) is 9.16. The highest BCUT2D eigenvalue weighted by Crippen LogP contribution is 2.33. The van der Waals surface area contributed by atoms with Crippen molar-refractivity contribution in [3.63, 3.8) is 0 Å². The molecule has 2 fully saturated rings. The van der Waals surface area contributed by atoms with E-state index in [1.165, 1.54) is 18.4 Å². The molecular weight excluding hydrogens is 494 g/mol. The Kier molecular flexibility index (Phi) is 5.59. The van der Waals surface area contributed by atoms with Crippen molar-refractivity contribution < 1.29 is 14.4 Å². The highest BCUT2D eigenvalue weighted by atomic mass is 16.2. The Labute approximate surface area is 225 Å². The number of amides is 3. The van der Waals surface area contributed by atoms with Crippen LogP contribution in [0.25, 0.3) is 28.1 Å². The second-order valence-corrected chi connectivity index (χ2v) is 10.7. The van der Waals surface area contributed by atoms with Crippen LogP contribution in [0, 0.1) is 0 Å². The number of nitrogens with one attached hydrogen (secondary N) is 1. The normalized spacial score (nSPS) is 19.8. The number of carbonyl (C=O) groups is 3. The summed E-state index contributed by atoms with van der Waals surface area (Å²) in [6, 6.07) is 9.44. The summed E-state index contributed by atoms with van der Waals surface area (Å²) in [6.07, 6.45) is 8.80. The number of aromatic nitrogens is 4. The minimum atomic E-state index is -0.630. The number of aryl methyl sites for hydroxylation is 1. The number of fused-ring (bicyclic) bond motifs is 2. The number of imide groups is 1. The molecule has 3 aromatic heterocycles. The summed E-state index contributed by atoms with van der Waals surface area (Å²) < 4.78 is 3.94. The summed E-state index contributed by atoms with van der Waals surface area (Å²) in [5.74, 6) is -0.0529. The Morgan fingerprint density at radius 2 is 1.92 bits per heavy atom. The van der Waals surface area contributed by atoms with Gasteiger partial charge in [0.1, 0.15) is 11.7 Å². The molecule has 6 heterocycles. The lowest BCUT2D eigenvalue weighted by Crippen LogP contribution is -2.52. The maximum absolute atomic E-state index is 13.2. The van der Waals surface area contributed by atoms with E-state index in [1.54, 1.807) is 11.2 Å². The predicted molar refractivity (Wildman–Crippen MR) is 144 cm³/mol. The van der Waals surface area contributed by atoms with Gasteiger partial charge in [-0.1, -0.05) is 6.07 Å². The number of rotatable bonds is 5. The lowest BCUT2D eigenvalue weighted by Gasteiger charge is -2.29. The third-order valence-corrected chi connectivity index (χ3v) is 8.09. The number of hydrogen-bond acceptors (Lipinski definition) is 6. The molecule has 3 amide bonds. The standard InChI is InChI=1S/C29H29N7O3/c1-33-16-25(30-17-33)35-11-8-21-20(14-34-9-2-3-10-34)13-23(31-27(21)35)18-4-5-22-19(12-18)15-36(29(22)39)24-6-7-26(37)32-28(24)38/h4-5,8,11-13,16-17,24H,2-3,6-7,9-10,14-15H2,1H3,(H,32,37,38). The molecule has 1 N–H and O–H groups in total. The molecule has 3 aliphatic rings. The second-order valence-electron chi connectivity index (χ2n) is 10.7. The minimum Gasteiger partial charge on any atom is -0.338 e. The van der Waals surface area contributed by atoms with Crippen LogP contribution in [0.15, 0.2) is 49.1 Å². The van der Waals surface area contributed by atoms with Crippen molar-refractivity contribution in [3.05, 3.63) is 65.7 Å². The summed E-state index contributed by atoms with van der Waals surface area (Å²) >= 11 is 0. The van der Waals surface area contributed by atoms with E-state index < -0.39 is 11.9 Å². The third-order valence-electron chi connectivity index (χ3n) is 8.09. The largest absolute Gasteiger partial charge is 0.338 e. The maximum atomic E-state index is 13.2. The number of hydrogen-bond donors (Lipinski definition) is 1. The fourth-order valence-corrected chi connectivity index (χ4v) is 6.08. The van der Waals surface area contributed by atoms with Crippen LogP contribution in [0.1, 0.15) is 47.2 Å². The van der Waals surface area contributed by atoms with Gasteiger partial charge in [0.25, 0.3) is 5.91 Å². The first-order valence-corrected chi connectivity index (χ1v) is 13.4. The van der Waals surface area contributed by atoms with Crippen molar-refractivity contribution in [2.75, 3.05) is 13.1 Å². The van der Waals surface area contributed by atoms with Gasteiger partial charge in [0.15, 0.2) is 5.82 Å². The quantitative estimate of drug-likeness (QED) is 0.404. The van der Waals surface area contributed by atoms with E-state index in [1.807, 2.05) is 46.8 Å². The average molecular weight is 524 g/mol. The number of pyridine rings is 1. The zero-order valence-corrected chi connectivity index (χ0v) is 21.8. The zero-order valence-electron chi connectivity index (χ0n) is 21.8. The van der Waals surface area contributed by atoms with Crippen molar-refractivity contribution in [1.82, 2.24) is 34.2 Å². The maximum Gasteiger partial charge on any atom is 0.255 e.